The monoisotopic (exact) mass is 412 g/mol. The lowest BCUT2D eigenvalue weighted by atomic mass is 10.1. The first-order chi connectivity index (χ1) is 13.4. The Morgan fingerprint density at radius 1 is 1.25 bits per heavy atom. The summed E-state index contributed by atoms with van der Waals surface area (Å²) in [5, 5.41) is 2.81. The van der Waals surface area contributed by atoms with E-state index in [9.17, 15) is 14.0 Å². The summed E-state index contributed by atoms with van der Waals surface area (Å²) in [6.45, 7) is 4.74. The Kier molecular flexibility index (Phi) is 11.6. The Morgan fingerprint density at radius 3 is 2.64 bits per heavy atom. The lowest BCUT2D eigenvalue weighted by molar-refractivity contribution is -0.139. The van der Waals surface area contributed by atoms with Gasteiger partial charge in [0.15, 0.2) is 0 Å². The number of aryl methyl sites for hydroxylation is 1. The molecule has 158 valence electrons. The van der Waals surface area contributed by atoms with E-state index >= 15 is 0 Å². The molecule has 0 aromatic heterocycles. The average molecular weight is 413 g/mol. The van der Waals surface area contributed by atoms with Gasteiger partial charge in [0, 0.05) is 26.1 Å². The Labute approximate surface area is 172 Å². The second kappa shape index (κ2) is 13.4. The number of halogens is 1. The number of likely N-dealkylation sites (N-methyl/N-ethyl adjacent to an activating group) is 2. The second-order valence-electron chi connectivity index (χ2n) is 6.82. The van der Waals surface area contributed by atoms with Crippen molar-refractivity contribution >= 4 is 23.6 Å². The number of thioether (sulfide) groups is 1. The maximum absolute atomic E-state index is 13.3. The summed E-state index contributed by atoms with van der Waals surface area (Å²) >= 11 is 1.67. The number of amides is 2. The van der Waals surface area contributed by atoms with Crippen molar-refractivity contribution in [3.63, 3.8) is 0 Å². The van der Waals surface area contributed by atoms with Crippen LogP contribution in [0.4, 0.5) is 4.39 Å². The lowest BCUT2D eigenvalue weighted by Gasteiger charge is -2.27. The summed E-state index contributed by atoms with van der Waals surface area (Å²) in [5.74, 6) is 0.958. The molecule has 0 bridgehead atoms. The quantitative estimate of drug-likeness (QED) is 0.501. The molecule has 5 nitrogen and oxygen atoms in total. The molecule has 2 amide bonds. The lowest BCUT2D eigenvalue weighted by Crippen LogP contribution is -2.48. The van der Waals surface area contributed by atoms with Crippen molar-refractivity contribution in [2.75, 3.05) is 32.2 Å². The van der Waals surface area contributed by atoms with Gasteiger partial charge in [-0.2, -0.15) is 11.8 Å². The third-order valence-corrected chi connectivity index (χ3v) is 5.07. The number of rotatable bonds is 13. The highest BCUT2D eigenvalue weighted by atomic mass is 32.2. The first-order valence-electron chi connectivity index (χ1n) is 9.81. The Morgan fingerprint density at radius 2 is 2.00 bits per heavy atom. The molecule has 28 heavy (non-hydrogen) atoms. The van der Waals surface area contributed by atoms with Crippen molar-refractivity contribution in [3.05, 3.63) is 29.6 Å². The number of hydrogen-bond acceptors (Lipinski definition) is 4. The van der Waals surface area contributed by atoms with Crippen LogP contribution in [0.3, 0.4) is 0 Å². The highest BCUT2D eigenvalue weighted by Crippen LogP contribution is 2.16. The van der Waals surface area contributed by atoms with Crippen LogP contribution in [-0.2, 0) is 9.59 Å². The normalized spacial score (nSPS) is 11.8. The second-order valence-corrected chi connectivity index (χ2v) is 7.81. The molecule has 1 aromatic rings. The highest BCUT2D eigenvalue weighted by Gasteiger charge is 2.25. The van der Waals surface area contributed by atoms with Crippen LogP contribution >= 0.6 is 11.8 Å². The Bertz CT molecular complexity index is 607. The van der Waals surface area contributed by atoms with Crippen LogP contribution in [0.1, 0.15) is 44.6 Å². The van der Waals surface area contributed by atoms with E-state index in [2.05, 4.69) is 5.32 Å². The molecule has 0 heterocycles. The molecular weight excluding hydrogens is 379 g/mol. The fraction of sp³-hybridized carbons (Fsp3) is 0.619. The van der Waals surface area contributed by atoms with Crippen LogP contribution in [0.25, 0.3) is 0 Å². The van der Waals surface area contributed by atoms with E-state index in [0.29, 0.717) is 31.7 Å². The molecule has 0 radical (unpaired) electrons. The molecule has 0 aliphatic rings. The van der Waals surface area contributed by atoms with Crippen molar-refractivity contribution in [1.29, 1.82) is 0 Å². The van der Waals surface area contributed by atoms with E-state index in [0.717, 1.165) is 30.6 Å². The van der Waals surface area contributed by atoms with Crippen molar-refractivity contribution in [1.82, 2.24) is 10.2 Å². The van der Waals surface area contributed by atoms with Gasteiger partial charge in [-0.3, -0.25) is 9.59 Å². The summed E-state index contributed by atoms with van der Waals surface area (Å²) in [7, 11) is 1.71. The molecule has 1 atom stereocenters. The van der Waals surface area contributed by atoms with Gasteiger partial charge in [-0.25, -0.2) is 4.39 Å². The van der Waals surface area contributed by atoms with Crippen molar-refractivity contribution in [2.24, 2.45) is 0 Å². The molecule has 0 aliphatic carbocycles. The molecule has 0 spiro atoms. The minimum Gasteiger partial charge on any atom is -0.493 e. The number of nitrogens with zero attached hydrogens (tertiary/aromatic N) is 1. The van der Waals surface area contributed by atoms with Crippen LogP contribution in [0.15, 0.2) is 18.2 Å². The van der Waals surface area contributed by atoms with E-state index in [1.54, 1.807) is 29.8 Å². The smallest absolute Gasteiger partial charge is 0.242 e. The average Bonchev–Trinajstić information content (AvgIpc) is 2.64. The zero-order chi connectivity index (χ0) is 20.9. The Hall–Kier alpha value is -1.76. The highest BCUT2D eigenvalue weighted by molar-refractivity contribution is 7.98. The number of nitrogens with one attached hydrogen (secondary N) is 1. The minimum absolute atomic E-state index is 0.0148. The van der Waals surface area contributed by atoms with E-state index in [-0.39, 0.29) is 17.6 Å². The van der Waals surface area contributed by atoms with Gasteiger partial charge in [-0.05, 0) is 69.2 Å². The zero-order valence-electron chi connectivity index (χ0n) is 17.4. The van der Waals surface area contributed by atoms with Crippen LogP contribution in [-0.4, -0.2) is 55.0 Å². The van der Waals surface area contributed by atoms with E-state index in [4.69, 9.17) is 4.74 Å². The molecule has 0 saturated carbocycles. The van der Waals surface area contributed by atoms with Gasteiger partial charge in [0.25, 0.3) is 0 Å². The van der Waals surface area contributed by atoms with Crippen molar-refractivity contribution < 1.29 is 18.7 Å². The van der Waals surface area contributed by atoms with Crippen molar-refractivity contribution in [3.8, 4) is 5.75 Å². The SMILES string of the molecule is CCNC(=O)C(CCSC)N(C)C(=O)CCCCCOc1cc(C)cc(F)c1. The molecule has 1 rings (SSSR count). The van der Waals surface area contributed by atoms with E-state index in [1.807, 2.05) is 20.1 Å². The van der Waals surface area contributed by atoms with Crippen LogP contribution in [0, 0.1) is 12.7 Å². The fourth-order valence-corrected chi connectivity index (χ4v) is 3.36. The number of benzene rings is 1. The van der Waals surface area contributed by atoms with Gasteiger partial charge >= 0.3 is 0 Å². The zero-order valence-corrected chi connectivity index (χ0v) is 18.2. The first kappa shape index (κ1) is 24.3. The van der Waals surface area contributed by atoms with Gasteiger partial charge in [0.2, 0.25) is 11.8 Å². The molecule has 1 aromatic carbocycles. The van der Waals surface area contributed by atoms with Gasteiger partial charge in [-0.15, -0.1) is 0 Å². The van der Waals surface area contributed by atoms with Gasteiger partial charge < -0.3 is 15.0 Å². The largest absolute Gasteiger partial charge is 0.493 e. The third-order valence-electron chi connectivity index (χ3n) is 4.43. The van der Waals surface area contributed by atoms with E-state index in [1.165, 1.54) is 12.1 Å². The maximum Gasteiger partial charge on any atom is 0.242 e. The molecule has 0 saturated heterocycles. The summed E-state index contributed by atoms with van der Waals surface area (Å²) in [5.41, 5.74) is 0.826. The van der Waals surface area contributed by atoms with Gasteiger partial charge in [0.1, 0.15) is 17.6 Å². The molecule has 0 fully saturated rings. The number of hydrogen-bond donors (Lipinski definition) is 1. The van der Waals surface area contributed by atoms with Gasteiger partial charge in [-0.1, -0.05) is 0 Å². The Balaban J connectivity index is 2.34. The third kappa shape index (κ3) is 8.95. The topological polar surface area (TPSA) is 58.6 Å². The summed E-state index contributed by atoms with van der Waals surface area (Å²) in [6, 6.07) is 4.22. The molecule has 0 aliphatic heterocycles. The predicted molar refractivity (Wildman–Crippen MR) is 113 cm³/mol. The number of carbonyl (C=O) groups is 2. The number of unbranched alkanes of at least 4 members (excludes halogenated alkanes) is 2. The predicted octanol–water partition coefficient (Wildman–Crippen LogP) is 3.79. The summed E-state index contributed by atoms with van der Waals surface area (Å²) in [6.07, 6.45) is 5.41. The molecule has 7 heteroatoms. The van der Waals surface area contributed by atoms with Crippen LogP contribution in [0.2, 0.25) is 0 Å². The first-order valence-corrected chi connectivity index (χ1v) is 11.2. The van der Waals surface area contributed by atoms with Crippen molar-refractivity contribution in [2.45, 2.75) is 52.0 Å². The fourth-order valence-electron chi connectivity index (χ4n) is 2.90. The van der Waals surface area contributed by atoms with Crippen LogP contribution in [0.5, 0.6) is 5.75 Å². The standard InChI is InChI=1S/C21H33FN2O3S/c1-5-23-21(26)19(10-12-28-4)24(3)20(25)9-7-6-8-11-27-18-14-16(2)13-17(22)15-18/h13-15,19H,5-12H2,1-4H3,(H,23,26). The molecular formula is C21H33FN2O3S. The molecule has 1 unspecified atom stereocenters. The number of ether oxygens (including phenoxy) is 1. The summed E-state index contributed by atoms with van der Waals surface area (Å²) < 4.78 is 18.9. The van der Waals surface area contributed by atoms with E-state index < -0.39 is 6.04 Å². The number of carbonyl (C=O) groups excluding carboxylic acids is 2. The minimum atomic E-state index is -0.417. The maximum atomic E-state index is 13.3. The summed E-state index contributed by atoms with van der Waals surface area (Å²) in [4.78, 5) is 26.3. The molecule has 1 N–H and O–H groups in total. The van der Waals surface area contributed by atoms with Crippen LogP contribution < -0.4 is 10.1 Å². The van der Waals surface area contributed by atoms with Gasteiger partial charge in [0.05, 0.1) is 6.61 Å².